The maximum Gasteiger partial charge on any atom is 0.119 e. The van der Waals surface area contributed by atoms with Crippen LogP contribution >= 0.6 is 11.8 Å². The third-order valence-electron chi connectivity index (χ3n) is 4.00. The fourth-order valence-corrected chi connectivity index (χ4v) is 3.42. The Morgan fingerprint density at radius 1 is 1.26 bits per heavy atom. The summed E-state index contributed by atoms with van der Waals surface area (Å²) in [7, 11) is 0. The van der Waals surface area contributed by atoms with Gasteiger partial charge in [-0.3, -0.25) is 0 Å². The topological polar surface area (TPSA) is 29.5 Å². The number of thioether (sulfide) groups is 1. The van der Waals surface area contributed by atoms with Crippen molar-refractivity contribution in [2.24, 2.45) is 0 Å². The minimum absolute atomic E-state index is 0.196. The van der Waals surface area contributed by atoms with Gasteiger partial charge in [-0.15, -0.1) is 0 Å². The summed E-state index contributed by atoms with van der Waals surface area (Å²) in [6, 6.07) is 10.2. The molecule has 1 aliphatic carbocycles. The van der Waals surface area contributed by atoms with Crippen molar-refractivity contribution in [3.8, 4) is 0 Å². The molecule has 2 rings (SSSR count). The Morgan fingerprint density at radius 2 is 2.04 bits per heavy atom. The standard InChI is InChI=1S/C20H26O2S/c1-3-18(21)20(23-2)14-17-12-8-5-9-13-19(17)22-15-16-10-6-4-7-11-16/h4-8,10-13,18,20-21H,3,9,14-15H2,1-2H3. The highest BCUT2D eigenvalue weighted by atomic mass is 32.2. The van der Waals surface area contributed by atoms with Crippen molar-refractivity contribution in [3.63, 3.8) is 0 Å². The van der Waals surface area contributed by atoms with Gasteiger partial charge in [-0.2, -0.15) is 11.8 Å². The van der Waals surface area contributed by atoms with Crippen molar-refractivity contribution in [2.45, 2.75) is 44.1 Å². The van der Waals surface area contributed by atoms with Crippen LogP contribution < -0.4 is 0 Å². The summed E-state index contributed by atoms with van der Waals surface area (Å²) in [6.07, 6.45) is 12.7. The summed E-state index contributed by atoms with van der Waals surface area (Å²) < 4.78 is 6.08. The third kappa shape index (κ3) is 5.60. The van der Waals surface area contributed by atoms with Crippen LogP contribution in [0.15, 0.2) is 66.0 Å². The molecule has 2 nitrogen and oxygen atoms in total. The zero-order valence-electron chi connectivity index (χ0n) is 13.9. The van der Waals surface area contributed by atoms with Gasteiger partial charge in [0.05, 0.1) is 6.10 Å². The highest BCUT2D eigenvalue weighted by molar-refractivity contribution is 7.99. The molecule has 0 saturated heterocycles. The average molecular weight is 330 g/mol. The van der Waals surface area contributed by atoms with E-state index in [4.69, 9.17) is 4.74 Å². The first-order valence-electron chi connectivity index (χ1n) is 8.18. The number of aliphatic hydroxyl groups is 1. The van der Waals surface area contributed by atoms with Gasteiger partial charge in [-0.25, -0.2) is 0 Å². The molecule has 0 saturated carbocycles. The van der Waals surface area contributed by atoms with Gasteiger partial charge >= 0.3 is 0 Å². The number of benzene rings is 1. The molecule has 1 aromatic rings. The zero-order valence-corrected chi connectivity index (χ0v) is 14.8. The van der Waals surface area contributed by atoms with E-state index >= 15 is 0 Å². The molecule has 1 N–H and O–H groups in total. The monoisotopic (exact) mass is 330 g/mol. The maximum atomic E-state index is 10.2. The lowest BCUT2D eigenvalue weighted by atomic mass is 10.0. The van der Waals surface area contributed by atoms with Crippen LogP contribution in [0.3, 0.4) is 0 Å². The van der Waals surface area contributed by atoms with E-state index < -0.39 is 0 Å². The molecule has 23 heavy (non-hydrogen) atoms. The largest absolute Gasteiger partial charge is 0.489 e. The molecule has 2 unspecified atom stereocenters. The normalized spacial score (nSPS) is 17.0. The van der Waals surface area contributed by atoms with Gasteiger partial charge in [-0.05, 0) is 42.7 Å². The summed E-state index contributed by atoms with van der Waals surface area (Å²) in [5, 5.41) is 10.4. The predicted molar refractivity (Wildman–Crippen MR) is 99.4 cm³/mol. The fourth-order valence-electron chi connectivity index (χ4n) is 2.56. The second-order valence-electron chi connectivity index (χ2n) is 5.65. The Hall–Kier alpha value is -1.45. The highest BCUT2D eigenvalue weighted by Crippen LogP contribution is 2.28. The Balaban J connectivity index is 2.05. The molecule has 0 aromatic heterocycles. The molecule has 0 aliphatic heterocycles. The van der Waals surface area contributed by atoms with Crippen molar-refractivity contribution < 1.29 is 9.84 Å². The second-order valence-corrected chi connectivity index (χ2v) is 6.73. The van der Waals surface area contributed by atoms with E-state index in [2.05, 4.69) is 42.7 Å². The molecule has 3 heteroatoms. The SMILES string of the molecule is CCC(O)C(CC1=CC=CCC=C1OCc1ccccc1)SC. The van der Waals surface area contributed by atoms with Crippen LogP contribution in [-0.4, -0.2) is 22.7 Å². The quantitative estimate of drug-likeness (QED) is 0.737. The molecule has 0 radical (unpaired) electrons. The van der Waals surface area contributed by atoms with Crippen LogP contribution in [0.4, 0.5) is 0 Å². The van der Waals surface area contributed by atoms with Crippen LogP contribution in [0.25, 0.3) is 0 Å². The van der Waals surface area contributed by atoms with Gasteiger partial charge < -0.3 is 9.84 Å². The molecule has 1 aliphatic rings. The molecular formula is C20H26O2S. The van der Waals surface area contributed by atoms with Gasteiger partial charge in [0.25, 0.3) is 0 Å². The number of aliphatic hydroxyl groups excluding tert-OH is 1. The fraction of sp³-hybridized carbons (Fsp3) is 0.400. The number of rotatable bonds is 8. The first-order valence-corrected chi connectivity index (χ1v) is 9.47. The molecule has 2 atom stereocenters. The van der Waals surface area contributed by atoms with E-state index in [1.165, 1.54) is 11.1 Å². The lowest BCUT2D eigenvalue weighted by Gasteiger charge is -2.22. The van der Waals surface area contributed by atoms with E-state index in [-0.39, 0.29) is 11.4 Å². The van der Waals surface area contributed by atoms with Gasteiger partial charge in [0.1, 0.15) is 12.4 Å². The summed E-state index contributed by atoms with van der Waals surface area (Å²) in [6.45, 7) is 2.60. The molecule has 0 heterocycles. The molecule has 0 fully saturated rings. The van der Waals surface area contributed by atoms with Crippen LogP contribution in [0, 0.1) is 0 Å². The maximum absolute atomic E-state index is 10.2. The lowest BCUT2D eigenvalue weighted by molar-refractivity contribution is 0.163. The van der Waals surface area contributed by atoms with E-state index in [0.29, 0.717) is 6.61 Å². The Bertz CT molecular complexity index is 560. The van der Waals surface area contributed by atoms with Crippen molar-refractivity contribution in [3.05, 3.63) is 71.5 Å². The third-order valence-corrected chi connectivity index (χ3v) is 5.08. The minimum atomic E-state index is -0.284. The Morgan fingerprint density at radius 3 is 2.74 bits per heavy atom. The minimum Gasteiger partial charge on any atom is -0.489 e. The smallest absolute Gasteiger partial charge is 0.119 e. The predicted octanol–water partition coefficient (Wildman–Crippen LogP) is 4.87. The number of allylic oxidation sites excluding steroid dienone is 5. The molecule has 0 amide bonds. The van der Waals surface area contributed by atoms with E-state index in [1.54, 1.807) is 11.8 Å². The van der Waals surface area contributed by atoms with Gasteiger partial charge in [0.15, 0.2) is 0 Å². The molecule has 124 valence electrons. The van der Waals surface area contributed by atoms with Crippen LogP contribution in [0.2, 0.25) is 0 Å². The van der Waals surface area contributed by atoms with Crippen molar-refractivity contribution in [2.75, 3.05) is 6.26 Å². The van der Waals surface area contributed by atoms with Gasteiger partial charge in [0.2, 0.25) is 0 Å². The summed E-state index contributed by atoms with van der Waals surface area (Å²) >= 11 is 1.72. The molecule has 1 aromatic carbocycles. The zero-order chi connectivity index (χ0) is 16.5. The number of hydrogen-bond acceptors (Lipinski definition) is 3. The molecule has 0 bridgehead atoms. The van der Waals surface area contributed by atoms with Crippen molar-refractivity contribution in [1.29, 1.82) is 0 Å². The van der Waals surface area contributed by atoms with Crippen LogP contribution in [-0.2, 0) is 11.3 Å². The Labute approximate surface area is 143 Å². The molecular weight excluding hydrogens is 304 g/mol. The first-order chi connectivity index (χ1) is 11.2. The van der Waals surface area contributed by atoms with Crippen LogP contribution in [0.1, 0.15) is 31.7 Å². The molecule has 0 spiro atoms. The average Bonchev–Trinajstić information content (AvgIpc) is 2.83. The summed E-state index contributed by atoms with van der Waals surface area (Å²) in [5.41, 5.74) is 2.33. The number of ether oxygens (including phenoxy) is 1. The number of hydrogen-bond donors (Lipinski definition) is 1. The van der Waals surface area contributed by atoms with E-state index in [9.17, 15) is 5.11 Å². The Kier molecular flexibility index (Phi) is 7.50. The van der Waals surface area contributed by atoms with E-state index in [1.807, 2.05) is 25.1 Å². The van der Waals surface area contributed by atoms with Crippen molar-refractivity contribution in [1.82, 2.24) is 0 Å². The van der Waals surface area contributed by atoms with Gasteiger partial charge in [0, 0.05) is 5.25 Å². The van der Waals surface area contributed by atoms with Crippen molar-refractivity contribution >= 4 is 11.8 Å². The van der Waals surface area contributed by atoms with E-state index in [0.717, 1.165) is 25.0 Å². The second kappa shape index (κ2) is 9.64. The first kappa shape index (κ1) is 17.9. The van der Waals surface area contributed by atoms with Crippen LogP contribution in [0.5, 0.6) is 0 Å². The highest BCUT2D eigenvalue weighted by Gasteiger charge is 2.20. The summed E-state index contributed by atoms with van der Waals surface area (Å²) in [4.78, 5) is 0. The lowest BCUT2D eigenvalue weighted by Crippen LogP contribution is -2.23. The summed E-state index contributed by atoms with van der Waals surface area (Å²) in [5.74, 6) is 0.946. The van der Waals surface area contributed by atoms with Gasteiger partial charge in [-0.1, -0.05) is 55.5 Å².